The summed E-state index contributed by atoms with van der Waals surface area (Å²) in [5.74, 6) is 0. The molecule has 0 spiro atoms. The maximum Gasteiger partial charge on any atom is 0.0921 e. The molecule has 0 aliphatic carbocycles. The second-order valence-corrected chi connectivity index (χ2v) is 5.39. The van der Waals surface area contributed by atoms with Crippen LogP contribution in [0.25, 0.3) is 0 Å². The van der Waals surface area contributed by atoms with E-state index in [1.807, 2.05) is 24.3 Å². The Labute approximate surface area is 105 Å². The minimum absolute atomic E-state index is 0.630. The molecule has 2 nitrogen and oxygen atoms in total. The molecule has 0 aromatic heterocycles. The van der Waals surface area contributed by atoms with E-state index in [4.69, 9.17) is 0 Å². The highest BCUT2D eigenvalue weighted by Crippen LogP contribution is 2.33. The molecule has 0 amide bonds. The zero-order chi connectivity index (χ0) is 11.6. The van der Waals surface area contributed by atoms with Crippen molar-refractivity contribution in [1.29, 1.82) is 0 Å². The minimum Gasteiger partial charge on any atom is -0.385 e. The van der Waals surface area contributed by atoms with E-state index in [0.29, 0.717) is 0 Å². The number of benzene rings is 1. The molecule has 0 radical (unpaired) electrons. The molecular weight excluding hydrogens is 266 g/mol. The summed E-state index contributed by atoms with van der Waals surface area (Å²) in [6, 6.07) is 8.03. The molecule has 2 rings (SSSR count). The quantitative estimate of drug-likeness (QED) is 0.902. The Kier molecular flexibility index (Phi) is 3.67. The van der Waals surface area contributed by atoms with Crippen LogP contribution in [0.1, 0.15) is 25.3 Å². The maximum absolute atomic E-state index is 10.6. The van der Waals surface area contributed by atoms with Crippen molar-refractivity contribution in [2.75, 3.05) is 19.6 Å². The molecule has 0 bridgehead atoms. The van der Waals surface area contributed by atoms with Gasteiger partial charge in [-0.25, -0.2) is 0 Å². The smallest absolute Gasteiger partial charge is 0.0921 e. The zero-order valence-electron chi connectivity index (χ0n) is 9.62. The Hall–Kier alpha value is -0.380. The summed E-state index contributed by atoms with van der Waals surface area (Å²) < 4.78 is 1.04. The Morgan fingerprint density at radius 3 is 2.62 bits per heavy atom. The largest absolute Gasteiger partial charge is 0.385 e. The van der Waals surface area contributed by atoms with E-state index in [9.17, 15) is 5.11 Å². The number of hydrogen-bond donors (Lipinski definition) is 1. The van der Waals surface area contributed by atoms with Crippen LogP contribution in [0.3, 0.4) is 0 Å². The monoisotopic (exact) mass is 283 g/mol. The molecule has 1 N–H and O–H groups in total. The molecule has 0 unspecified atom stereocenters. The first-order valence-electron chi connectivity index (χ1n) is 5.85. The van der Waals surface area contributed by atoms with Crippen molar-refractivity contribution in [1.82, 2.24) is 4.90 Å². The van der Waals surface area contributed by atoms with Crippen LogP contribution in [0.4, 0.5) is 0 Å². The topological polar surface area (TPSA) is 23.5 Å². The second-order valence-electron chi connectivity index (χ2n) is 4.48. The zero-order valence-corrected chi connectivity index (χ0v) is 11.2. The SMILES string of the molecule is CCN1CCC(O)(c2cccc(Br)c2)CC1. The summed E-state index contributed by atoms with van der Waals surface area (Å²) in [5.41, 5.74) is 0.410. The highest BCUT2D eigenvalue weighted by molar-refractivity contribution is 9.10. The highest BCUT2D eigenvalue weighted by Gasteiger charge is 2.33. The highest BCUT2D eigenvalue weighted by atomic mass is 79.9. The van der Waals surface area contributed by atoms with Gasteiger partial charge in [0.15, 0.2) is 0 Å². The number of likely N-dealkylation sites (tertiary alicyclic amines) is 1. The summed E-state index contributed by atoms with van der Waals surface area (Å²) in [5, 5.41) is 10.6. The number of rotatable bonds is 2. The number of nitrogens with zero attached hydrogens (tertiary/aromatic N) is 1. The van der Waals surface area contributed by atoms with E-state index in [1.165, 1.54) is 0 Å². The average Bonchev–Trinajstić information content (AvgIpc) is 2.30. The molecule has 16 heavy (non-hydrogen) atoms. The molecule has 1 heterocycles. The van der Waals surface area contributed by atoms with Crippen LogP contribution in [0.15, 0.2) is 28.7 Å². The van der Waals surface area contributed by atoms with Crippen LogP contribution in [-0.4, -0.2) is 29.6 Å². The first-order chi connectivity index (χ1) is 7.64. The fourth-order valence-electron chi connectivity index (χ4n) is 2.31. The lowest BCUT2D eigenvalue weighted by molar-refractivity contribution is -0.0247. The molecule has 0 atom stereocenters. The maximum atomic E-state index is 10.6. The summed E-state index contributed by atoms with van der Waals surface area (Å²) in [6.45, 7) is 5.22. The molecular formula is C13H18BrNO. The van der Waals surface area contributed by atoms with E-state index in [1.54, 1.807) is 0 Å². The van der Waals surface area contributed by atoms with Gasteiger partial charge in [-0.05, 0) is 37.1 Å². The Balaban J connectivity index is 2.15. The summed E-state index contributed by atoms with van der Waals surface area (Å²) in [4.78, 5) is 2.38. The number of hydrogen-bond acceptors (Lipinski definition) is 2. The van der Waals surface area contributed by atoms with Crippen LogP contribution >= 0.6 is 15.9 Å². The van der Waals surface area contributed by atoms with Crippen LogP contribution in [0.2, 0.25) is 0 Å². The van der Waals surface area contributed by atoms with E-state index >= 15 is 0 Å². The van der Waals surface area contributed by atoms with E-state index in [0.717, 1.165) is 42.5 Å². The van der Waals surface area contributed by atoms with Crippen LogP contribution in [0.5, 0.6) is 0 Å². The first kappa shape index (κ1) is 12.1. The van der Waals surface area contributed by atoms with E-state index in [-0.39, 0.29) is 0 Å². The molecule has 0 saturated carbocycles. The molecule has 1 aliphatic rings. The predicted molar refractivity (Wildman–Crippen MR) is 69.4 cm³/mol. The van der Waals surface area contributed by atoms with Crippen LogP contribution < -0.4 is 0 Å². The fourth-order valence-corrected chi connectivity index (χ4v) is 2.71. The van der Waals surface area contributed by atoms with Gasteiger partial charge >= 0.3 is 0 Å². The van der Waals surface area contributed by atoms with Gasteiger partial charge in [-0.1, -0.05) is 35.0 Å². The molecule has 1 aromatic rings. The Morgan fingerprint density at radius 2 is 2.06 bits per heavy atom. The number of halogens is 1. The molecule has 1 aromatic carbocycles. The molecule has 88 valence electrons. The van der Waals surface area contributed by atoms with Crippen molar-refractivity contribution in [2.45, 2.75) is 25.4 Å². The standard InChI is InChI=1S/C13H18BrNO/c1-2-15-8-6-13(16,7-9-15)11-4-3-5-12(14)10-11/h3-5,10,16H,2,6-9H2,1H3. The van der Waals surface area contributed by atoms with Gasteiger partial charge in [0.25, 0.3) is 0 Å². The van der Waals surface area contributed by atoms with Crippen molar-refractivity contribution in [3.8, 4) is 0 Å². The third-order valence-electron chi connectivity index (χ3n) is 3.49. The van der Waals surface area contributed by atoms with Crippen molar-refractivity contribution in [3.63, 3.8) is 0 Å². The minimum atomic E-state index is -0.630. The third kappa shape index (κ3) is 2.47. The lowest BCUT2D eigenvalue weighted by atomic mass is 9.84. The van der Waals surface area contributed by atoms with Gasteiger partial charge < -0.3 is 10.0 Å². The Bertz CT molecular complexity index is 359. The fraction of sp³-hybridized carbons (Fsp3) is 0.538. The summed E-state index contributed by atoms with van der Waals surface area (Å²) in [7, 11) is 0. The Morgan fingerprint density at radius 1 is 1.38 bits per heavy atom. The molecule has 1 aliphatic heterocycles. The van der Waals surface area contributed by atoms with Crippen LogP contribution in [0, 0.1) is 0 Å². The van der Waals surface area contributed by atoms with Crippen molar-refractivity contribution < 1.29 is 5.11 Å². The first-order valence-corrected chi connectivity index (χ1v) is 6.64. The van der Waals surface area contributed by atoms with Crippen LogP contribution in [-0.2, 0) is 5.60 Å². The lowest BCUT2D eigenvalue weighted by Crippen LogP contribution is -2.42. The van der Waals surface area contributed by atoms with E-state index in [2.05, 4.69) is 27.8 Å². The predicted octanol–water partition coefficient (Wildman–Crippen LogP) is 2.75. The summed E-state index contributed by atoms with van der Waals surface area (Å²) >= 11 is 3.46. The van der Waals surface area contributed by atoms with Gasteiger partial charge in [0.05, 0.1) is 5.60 Å². The summed E-state index contributed by atoms with van der Waals surface area (Å²) in [6.07, 6.45) is 1.66. The van der Waals surface area contributed by atoms with Gasteiger partial charge in [0.2, 0.25) is 0 Å². The molecule has 1 saturated heterocycles. The third-order valence-corrected chi connectivity index (χ3v) is 3.99. The molecule has 1 fully saturated rings. The number of piperidine rings is 1. The van der Waals surface area contributed by atoms with Crippen molar-refractivity contribution in [3.05, 3.63) is 34.3 Å². The van der Waals surface area contributed by atoms with Gasteiger partial charge in [-0.15, -0.1) is 0 Å². The van der Waals surface area contributed by atoms with Crippen molar-refractivity contribution in [2.24, 2.45) is 0 Å². The van der Waals surface area contributed by atoms with E-state index < -0.39 is 5.60 Å². The normalized spacial score (nSPS) is 20.9. The average molecular weight is 284 g/mol. The lowest BCUT2D eigenvalue weighted by Gasteiger charge is -2.38. The van der Waals surface area contributed by atoms with Gasteiger partial charge in [-0.3, -0.25) is 0 Å². The molecule has 3 heteroatoms. The van der Waals surface area contributed by atoms with Gasteiger partial charge in [-0.2, -0.15) is 0 Å². The van der Waals surface area contributed by atoms with Gasteiger partial charge in [0.1, 0.15) is 0 Å². The van der Waals surface area contributed by atoms with Gasteiger partial charge in [0, 0.05) is 17.6 Å². The van der Waals surface area contributed by atoms with Crippen molar-refractivity contribution >= 4 is 15.9 Å². The second kappa shape index (κ2) is 4.86. The number of aliphatic hydroxyl groups is 1.